The van der Waals surface area contributed by atoms with Crippen LogP contribution in [0, 0.1) is 0 Å². The molecule has 0 saturated carbocycles. The fraction of sp³-hybridized carbons (Fsp3) is 0.154. The van der Waals surface area contributed by atoms with E-state index in [-0.39, 0.29) is 18.6 Å². The van der Waals surface area contributed by atoms with Gasteiger partial charge in [-0.2, -0.15) is 5.10 Å². The zero-order chi connectivity index (χ0) is 24.5. The summed E-state index contributed by atoms with van der Waals surface area (Å²) in [6.45, 7) is 1.03. The molecule has 0 spiro atoms. The monoisotopic (exact) mass is 483 g/mol. The maximum absolute atomic E-state index is 13.2. The van der Waals surface area contributed by atoms with Crippen molar-refractivity contribution in [1.82, 2.24) is 20.1 Å². The van der Waals surface area contributed by atoms with Gasteiger partial charge in [-0.3, -0.25) is 19.7 Å². The second kappa shape index (κ2) is 9.06. The lowest BCUT2D eigenvalue weighted by Gasteiger charge is -2.15. The number of carbonyl (C=O) groups excluding carboxylic acids is 2. The van der Waals surface area contributed by atoms with Crippen molar-refractivity contribution in [2.75, 3.05) is 12.1 Å². The number of carbonyl (C=O) groups is 2. The van der Waals surface area contributed by atoms with E-state index in [1.165, 1.54) is 0 Å². The summed E-state index contributed by atoms with van der Waals surface area (Å²) in [5.74, 6) is 1.11. The normalized spacial score (nSPS) is 13.4. The van der Waals surface area contributed by atoms with E-state index in [2.05, 4.69) is 20.5 Å². The molecule has 36 heavy (non-hydrogen) atoms. The Bertz CT molecular complexity index is 1440. The van der Waals surface area contributed by atoms with Crippen LogP contribution in [0.1, 0.15) is 37.7 Å². The molecule has 2 aliphatic heterocycles. The van der Waals surface area contributed by atoms with E-state index in [9.17, 15) is 9.59 Å². The lowest BCUT2D eigenvalue weighted by molar-refractivity contribution is 0.0744. The number of aromatic nitrogens is 3. The van der Waals surface area contributed by atoms with Crippen LogP contribution >= 0.6 is 0 Å². The highest BCUT2D eigenvalue weighted by molar-refractivity contribution is 6.05. The summed E-state index contributed by atoms with van der Waals surface area (Å²) in [5.41, 5.74) is 3.21. The molecular weight excluding hydrogens is 462 g/mol. The van der Waals surface area contributed by atoms with Crippen molar-refractivity contribution in [3.8, 4) is 17.2 Å². The Morgan fingerprint density at radius 1 is 1.06 bits per heavy atom. The van der Waals surface area contributed by atoms with E-state index in [0.29, 0.717) is 54.0 Å². The molecule has 0 bridgehead atoms. The van der Waals surface area contributed by atoms with Gasteiger partial charge in [0.1, 0.15) is 12.3 Å². The molecule has 10 heteroatoms. The molecule has 0 saturated heterocycles. The van der Waals surface area contributed by atoms with E-state index in [4.69, 9.17) is 14.2 Å². The van der Waals surface area contributed by atoms with Gasteiger partial charge in [0.25, 0.3) is 11.8 Å². The second-order valence-corrected chi connectivity index (χ2v) is 8.34. The first-order valence-corrected chi connectivity index (χ1v) is 11.3. The van der Waals surface area contributed by atoms with E-state index < -0.39 is 0 Å². The maximum Gasteiger partial charge on any atom is 0.273 e. The van der Waals surface area contributed by atoms with Gasteiger partial charge in [-0.05, 0) is 29.8 Å². The predicted molar refractivity (Wildman–Crippen MR) is 128 cm³/mol. The van der Waals surface area contributed by atoms with Crippen LogP contribution in [0.3, 0.4) is 0 Å². The average Bonchev–Trinajstić information content (AvgIpc) is 3.65. The van der Waals surface area contributed by atoms with Crippen LogP contribution in [0.2, 0.25) is 0 Å². The minimum atomic E-state index is -0.387. The van der Waals surface area contributed by atoms with Gasteiger partial charge in [0.2, 0.25) is 12.5 Å². The number of hydrogen-bond acceptors (Lipinski definition) is 7. The number of aromatic amines is 1. The van der Waals surface area contributed by atoms with Crippen molar-refractivity contribution in [3.63, 3.8) is 0 Å². The number of anilines is 1. The van der Waals surface area contributed by atoms with Gasteiger partial charge in [-0.25, -0.2) is 0 Å². The third-order valence-electron chi connectivity index (χ3n) is 5.99. The quantitative estimate of drug-likeness (QED) is 0.431. The summed E-state index contributed by atoms with van der Waals surface area (Å²) >= 11 is 0. The highest BCUT2D eigenvalue weighted by atomic mass is 16.7. The van der Waals surface area contributed by atoms with E-state index in [1.807, 2.05) is 30.3 Å². The van der Waals surface area contributed by atoms with Crippen molar-refractivity contribution in [2.45, 2.75) is 19.7 Å². The molecule has 2 aliphatic rings. The minimum Gasteiger partial charge on any atom is -0.485 e. The first kappa shape index (κ1) is 21.7. The molecule has 0 fully saturated rings. The number of ether oxygens (including phenoxy) is 3. The molecule has 4 aromatic rings. The van der Waals surface area contributed by atoms with Gasteiger partial charge >= 0.3 is 0 Å². The standard InChI is InChI=1S/C26H21N5O5/c32-25(17-10-21(23-22(11-17)35-15-36-23)34-14-16-6-2-1-3-7-16)28-24-18-12-31(13-20(18)29-30-24)26(33)19-8-4-5-9-27-19/h1-11H,12-15H2,(H2,28,29,30,32). The summed E-state index contributed by atoms with van der Waals surface area (Å²) in [4.78, 5) is 31.7. The number of benzene rings is 2. The Labute approximate surface area is 205 Å². The molecule has 2 N–H and O–H groups in total. The Hall–Kier alpha value is -4.86. The number of pyridine rings is 1. The maximum atomic E-state index is 13.2. The lowest BCUT2D eigenvalue weighted by Crippen LogP contribution is -2.26. The molecule has 180 valence electrons. The first-order valence-electron chi connectivity index (χ1n) is 11.3. The van der Waals surface area contributed by atoms with Crippen LogP contribution < -0.4 is 19.5 Å². The molecule has 0 radical (unpaired) electrons. The van der Waals surface area contributed by atoms with Crippen molar-refractivity contribution >= 4 is 17.6 Å². The fourth-order valence-corrected chi connectivity index (χ4v) is 4.17. The van der Waals surface area contributed by atoms with Crippen LogP contribution in [0.25, 0.3) is 0 Å². The van der Waals surface area contributed by atoms with E-state index in [0.717, 1.165) is 16.8 Å². The Balaban J connectivity index is 1.19. The van der Waals surface area contributed by atoms with Crippen molar-refractivity contribution in [1.29, 1.82) is 0 Å². The average molecular weight is 483 g/mol. The Morgan fingerprint density at radius 3 is 2.75 bits per heavy atom. The molecule has 4 heterocycles. The molecular formula is C26H21N5O5. The molecule has 2 aromatic heterocycles. The van der Waals surface area contributed by atoms with Crippen LogP contribution in [-0.4, -0.2) is 38.7 Å². The highest BCUT2D eigenvalue weighted by Crippen LogP contribution is 2.42. The molecule has 2 amide bonds. The largest absolute Gasteiger partial charge is 0.485 e. The van der Waals surface area contributed by atoms with Gasteiger partial charge in [0.15, 0.2) is 17.3 Å². The summed E-state index contributed by atoms with van der Waals surface area (Å²) < 4.78 is 17.0. The molecule has 0 atom stereocenters. The summed E-state index contributed by atoms with van der Waals surface area (Å²) in [5, 5.41) is 10.0. The van der Waals surface area contributed by atoms with E-state index in [1.54, 1.807) is 41.4 Å². The van der Waals surface area contributed by atoms with Crippen LogP contribution in [0.4, 0.5) is 5.82 Å². The fourth-order valence-electron chi connectivity index (χ4n) is 4.17. The topological polar surface area (TPSA) is 119 Å². The second-order valence-electron chi connectivity index (χ2n) is 8.34. The van der Waals surface area contributed by atoms with E-state index >= 15 is 0 Å². The number of hydrogen-bond donors (Lipinski definition) is 2. The molecule has 6 rings (SSSR count). The van der Waals surface area contributed by atoms with Gasteiger partial charge in [-0.15, -0.1) is 0 Å². The number of nitrogens with one attached hydrogen (secondary N) is 2. The van der Waals surface area contributed by atoms with Crippen molar-refractivity contribution < 1.29 is 23.8 Å². The first-order chi connectivity index (χ1) is 17.7. The molecule has 0 aliphatic carbocycles. The molecule has 10 nitrogen and oxygen atoms in total. The lowest BCUT2D eigenvalue weighted by atomic mass is 10.1. The highest BCUT2D eigenvalue weighted by Gasteiger charge is 2.30. The van der Waals surface area contributed by atoms with Crippen molar-refractivity contribution in [2.24, 2.45) is 0 Å². The van der Waals surface area contributed by atoms with Crippen LogP contribution in [-0.2, 0) is 19.7 Å². The Kier molecular flexibility index (Phi) is 5.45. The zero-order valence-corrected chi connectivity index (χ0v) is 19.1. The Morgan fingerprint density at radius 2 is 1.92 bits per heavy atom. The van der Waals surface area contributed by atoms with Gasteiger partial charge < -0.3 is 24.4 Å². The molecule has 0 unspecified atom stereocenters. The predicted octanol–water partition coefficient (Wildman–Crippen LogP) is 3.52. The number of H-pyrrole nitrogens is 1. The number of fused-ring (bicyclic) bond motifs is 2. The summed E-state index contributed by atoms with van der Waals surface area (Å²) in [6, 6.07) is 18.1. The summed E-state index contributed by atoms with van der Waals surface area (Å²) in [7, 11) is 0. The van der Waals surface area contributed by atoms with Gasteiger partial charge in [0, 0.05) is 17.3 Å². The SMILES string of the molecule is O=C(Nc1n[nH]c2c1CN(C(=O)c1ccccn1)C2)c1cc2c(c(OCc3ccccc3)c1)OCO2. The van der Waals surface area contributed by atoms with Gasteiger partial charge in [0.05, 0.1) is 18.8 Å². The number of nitrogens with zero attached hydrogens (tertiary/aromatic N) is 3. The molecule has 2 aromatic carbocycles. The summed E-state index contributed by atoms with van der Waals surface area (Å²) in [6.07, 6.45) is 1.58. The smallest absolute Gasteiger partial charge is 0.273 e. The van der Waals surface area contributed by atoms with Crippen LogP contribution in [0.15, 0.2) is 66.9 Å². The third-order valence-corrected chi connectivity index (χ3v) is 5.99. The third kappa shape index (κ3) is 4.09. The number of rotatable bonds is 6. The number of amides is 2. The zero-order valence-electron chi connectivity index (χ0n) is 19.1. The van der Waals surface area contributed by atoms with Gasteiger partial charge in [-0.1, -0.05) is 36.4 Å². The van der Waals surface area contributed by atoms with Crippen molar-refractivity contribution in [3.05, 3.63) is 94.9 Å². The van der Waals surface area contributed by atoms with Crippen LogP contribution in [0.5, 0.6) is 17.2 Å². The minimum absolute atomic E-state index is 0.0507.